The molecule has 0 heterocycles. The highest BCUT2D eigenvalue weighted by Crippen LogP contribution is 2.32. The molecule has 0 atom stereocenters. The van der Waals surface area contributed by atoms with Crippen LogP contribution in [0.15, 0.2) is 26.0 Å². The number of carbonyl (C=O) groups is 1. The second-order valence-corrected chi connectivity index (χ2v) is 7.77. The van der Waals surface area contributed by atoms with Gasteiger partial charge in [0.15, 0.2) is 0 Å². The van der Waals surface area contributed by atoms with Gasteiger partial charge in [0, 0.05) is 20.7 Å². The number of anilines is 1. The van der Waals surface area contributed by atoms with Gasteiger partial charge in [-0.1, -0.05) is 0 Å². The van der Waals surface area contributed by atoms with Gasteiger partial charge in [0.2, 0.25) is 15.9 Å². The van der Waals surface area contributed by atoms with E-state index in [9.17, 15) is 13.2 Å². The minimum absolute atomic E-state index is 0.00375. The number of sulfonamides is 1. The molecule has 0 saturated carbocycles. The Balaban J connectivity index is 2.93. The first-order valence-electron chi connectivity index (χ1n) is 5.67. The van der Waals surface area contributed by atoms with E-state index >= 15 is 0 Å². The second kappa shape index (κ2) is 6.88. The standard InChI is InChI=1S/C11H15Br2N3O3S/c1-6(2)16-10(17)5-15-20(18,19)11-8(12)3-7(14)4-9(11)13/h3-4,6,15H,5,14H2,1-2H3,(H,16,17). The molecule has 112 valence electrons. The number of amides is 1. The van der Waals surface area contributed by atoms with E-state index in [2.05, 4.69) is 41.9 Å². The van der Waals surface area contributed by atoms with Crippen LogP contribution in [0.2, 0.25) is 0 Å². The van der Waals surface area contributed by atoms with Crippen molar-refractivity contribution in [3.63, 3.8) is 0 Å². The van der Waals surface area contributed by atoms with Crippen LogP contribution in [0.5, 0.6) is 0 Å². The number of benzene rings is 1. The molecule has 1 aromatic carbocycles. The van der Waals surface area contributed by atoms with Crippen LogP contribution in [-0.2, 0) is 14.8 Å². The van der Waals surface area contributed by atoms with Crippen LogP contribution in [0.1, 0.15) is 13.8 Å². The summed E-state index contributed by atoms with van der Waals surface area (Å²) in [5.41, 5.74) is 6.03. The lowest BCUT2D eigenvalue weighted by Gasteiger charge is -2.12. The Morgan fingerprint density at radius 2 is 1.80 bits per heavy atom. The third kappa shape index (κ3) is 4.72. The summed E-state index contributed by atoms with van der Waals surface area (Å²) >= 11 is 6.30. The summed E-state index contributed by atoms with van der Waals surface area (Å²) in [4.78, 5) is 11.5. The summed E-state index contributed by atoms with van der Waals surface area (Å²) in [7, 11) is -3.83. The lowest BCUT2D eigenvalue weighted by Crippen LogP contribution is -2.39. The topological polar surface area (TPSA) is 101 Å². The summed E-state index contributed by atoms with van der Waals surface area (Å²) in [5.74, 6) is -0.397. The summed E-state index contributed by atoms with van der Waals surface area (Å²) in [6, 6.07) is 2.91. The van der Waals surface area contributed by atoms with Gasteiger partial charge in [0.05, 0.1) is 6.54 Å². The van der Waals surface area contributed by atoms with Crippen LogP contribution in [0.4, 0.5) is 5.69 Å². The zero-order valence-electron chi connectivity index (χ0n) is 10.9. The summed E-state index contributed by atoms with van der Waals surface area (Å²) < 4.78 is 27.2. The van der Waals surface area contributed by atoms with Crippen molar-refractivity contribution in [3.8, 4) is 0 Å². The first kappa shape index (κ1) is 17.4. The largest absolute Gasteiger partial charge is 0.399 e. The fraction of sp³-hybridized carbons (Fsp3) is 0.364. The van der Waals surface area contributed by atoms with Gasteiger partial charge in [0.1, 0.15) is 4.90 Å². The van der Waals surface area contributed by atoms with Crippen molar-refractivity contribution in [2.24, 2.45) is 0 Å². The first-order chi connectivity index (χ1) is 9.13. The molecule has 20 heavy (non-hydrogen) atoms. The van der Waals surface area contributed by atoms with Crippen molar-refractivity contribution in [1.29, 1.82) is 0 Å². The summed E-state index contributed by atoms with van der Waals surface area (Å²) in [6.07, 6.45) is 0. The zero-order valence-corrected chi connectivity index (χ0v) is 14.9. The van der Waals surface area contributed by atoms with Crippen molar-refractivity contribution in [1.82, 2.24) is 10.0 Å². The number of nitrogens with one attached hydrogen (secondary N) is 2. The van der Waals surface area contributed by atoms with Crippen LogP contribution in [0, 0.1) is 0 Å². The molecule has 0 aromatic heterocycles. The molecule has 0 saturated heterocycles. The minimum Gasteiger partial charge on any atom is -0.399 e. The Labute approximate surface area is 134 Å². The average Bonchev–Trinajstić information content (AvgIpc) is 2.23. The number of hydrogen-bond acceptors (Lipinski definition) is 4. The normalized spacial score (nSPS) is 11.7. The van der Waals surface area contributed by atoms with E-state index in [0.717, 1.165) is 0 Å². The van der Waals surface area contributed by atoms with Crippen LogP contribution in [0.3, 0.4) is 0 Å². The van der Waals surface area contributed by atoms with E-state index in [4.69, 9.17) is 5.73 Å². The SMILES string of the molecule is CC(C)NC(=O)CNS(=O)(=O)c1c(Br)cc(N)cc1Br. The molecular weight excluding hydrogens is 414 g/mol. The van der Waals surface area contributed by atoms with E-state index in [1.807, 2.05) is 0 Å². The fourth-order valence-electron chi connectivity index (χ4n) is 1.44. The van der Waals surface area contributed by atoms with Crippen LogP contribution in [-0.4, -0.2) is 26.9 Å². The van der Waals surface area contributed by atoms with Gasteiger partial charge < -0.3 is 11.1 Å². The monoisotopic (exact) mass is 427 g/mol. The number of nitrogens with two attached hydrogens (primary N) is 1. The van der Waals surface area contributed by atoms with E-state index in [0.29, 0.717) is 14.6 Å². The predicted octanol–water partition coefficient (Wildman–Crippen LogP) is 1.60. The van der Waals surface area contributed by atoms with E-state index in [1.165, 1.54) is 12.1 Å². The van der Waals surface area contributed by atoms with Crippen LogP contribution >= 0.6 is 31.9 Å². The Bertz CT molecular complexity index is 594. The highest BCUT2D eigenvalue weighted by Gasteiger charge is 2.22. The van der Waals surface area contributed by atoms with Crippen molar-refractivity contribution in [2.75, 3.05) is 12.3 Å². The predicted molar refractivity (Wildman–Crippen MR) is 84.7 cm³/mol. The smallest absolute Gasteiger partial charge is 0.243 e. The Morgan fingerprint density at radius 3 is 2.25 bits per heavy atom. The number of carbonyl (C=O) groups excluding carboxylic acids is 1. The van der Waals surface area contributed by atoms with Crippen molar-refractivity contribution >= 4 is 53.5 Å². The molecular formula is C11H15Br2N3O3S. The van der Waals surface area contributed by atoms with Crippen LogP contribution < -0.4 is 15.8 Å². The van der Waals surface area contributed by atoms with Crippen molar-refractivity contribution in [2.45, 2.75) is 24.8 Å². The molecule has 1 amide bonds. The van der Waals surface area contributed by atoms with Gasteiger partial charge >= 0.3 is 0 Å². The number of rotatable bonds is 5. The molecule has 9 heteroatoms. The maximum Gasteiger partial charge on any atom is 0.243 e. The molecule has 0 aliphatic carbocycles. The van der Waals surface area contributed by atoms with E-state index in [1.54, 1.807) is 13.8 Å². The molecule has 4 N–H and O–H groups in total. The third-order valence-electron chi connectivity index (χ3n) is 2.16. The highest BCUT2D eigenvalue weighted by atomic mass is 79.9. The van der Waals surface area contributed by atoms with Gasteiger partial charge in [-0.2, -0.15) is 0 Å². The third-order valence-corrected chi connectivity index (χ3v) is 5.44. The molecule has 1 aromatic rings. The van der Waals surface area contributed by atoms with Crippen LogP contribution in [0.25, 0.3) is 0 Å². The molecule has 0 radical (unpaired) electrons. The maximum atomic E-state index is 12.2. The first-order valence-corrected chi connectivity index (χ1v) is 8.74. The molecule has 0 fully saturated rings. The molecule has 0 bridgehead atoms. The zero-order chi connectivity index (χ0) is 15.5. The van der Waals surface area contributed by atoms with Gasteiger partial charge in [0.25, 0.3) is 0 Å². The Kier molecular flexibility index (Phi) is 5.99. The Morgan fingerprint density at radius 1 is 1.30 bits per heavy atom. The van der Waals surface area contributed by atoms with E-state index < -0.39 is 15.9 Å². The number of halogens is 2. The molecule has 0 unspecified atom stereocenters. The summed E-state index contributed by atoms with van der Waals surface area (Å²) in [6.45, 7) is 3.25. The van der Waals surface area contributed by atoms with E-state index in [-0.39, 0.29) is 17.5 Å². The van der Waals surface area contributed by atoms with Gasteiger partial charge in [-0.25, -0.2) is 13.1 Å². The highest BCUT2D eigenvalue weighted by molar-refractivity contribution is 9.11. The molecule has 0 spiro atoms. The minimum atomic E-state index is -3.83. The lowest BCUT2D eigenvalue weighted by molar-refractivity contribution is -0.120. The number of nitrogen functional groups attached to an aromatic ring is 1. The maximum absolute atomic E-state index is 12.2. The van der Waals surface area contributed by atoms with Crippen molar-refractivity contribution < 1.29 is 13.2 Å². The molecule has 1 rings (SSSR count). The average molecular weight is 429 g/mol. The molecule has 0 aliphatic rings. The fourth-order valence-corrected chi connectivity index (χ4v) is 5.04. The quantitative estimate of drug-likeness (QED) is 0.619. The van der Waals surface area contributed by atoms with Gasteiger partial charge in [-0.15, -0.1) is 0 Å². The van der Waals surface area contributed by atoms with Gasteiger partial charge in [-0.3, -0.25) is 4.79 Å². The number of hydrogen-bond donors (Lipinski definition) is 3. The Hall–Kier alpha value is -0.640. The van der Waals surface area contributed by atoms with Gasteiger partial charge in [-0.05, 0) is 57.8 Å². The summed E-state index contributed by atoms with van der Waals surface area (Å²) in [5, 5.41) is 2.60. The second-order valence-electron chi connectivity index (χ2n) is 4.36. The molecule has 0 aliphatic heterocycles. The molecule has 6 nitrogen and oxygen atoms in total. The van der Waals surface area contributed by atoms with Crippen molar-refractivity contribution in [3.05, 3.63) is 21.1 Å². The lowest BCUT2D eigenvalue weighted by atomic mass is 10.3.